The molecule has 5 heterocycles. The van der Waals surface area contributed by atoms with E-state index in [0.29, 0.717) is 29.1 Å². The second-order valence-corrected chi connectivity index (χ2v) is 9.70. The van der Waals surface area contributed by atoms with Crippen LogP contribution in [0.4, 0.5) is 4.39 Å². The number of nitriles is 1. The Labute approximate surface area is 219 Å². The molecule has 0 saturated carbocycles. The topological polar surface area (TPSA) is 125 Å². The standard InChI is InChI=1S/C27H30FN7O3/c1-17-24(12-32-35(17)22-4-3-7-33(14-22)15-23(37)16-36)19-8-26(27-20(9-29)10-31-34(27)13-19)38-18(2)25-6-5-21(28)11-30-25/h5-6,8,10-13,18,22-23,36-37H,3-4,7,14-16H2,1-2H3/t18-,22+,23+/m1/s1. The summed E-state index contributed by atoms with van der Waals surface area (Å²) in [6, 6.07) is 7.09. The number of piperidine rings is 1. The number of nitrogens with zero attached hydrogens (tertiary/aromatic N) is 7. The summed E-state index contributed by atoms with van der Waals surface area (Å²) in [7, 11) is 0. The number of aromatic nitrogens is 5. The molecule has 2 N–H and O–H groups in total. The minimum Gasteiger partial charge on any atom is -0.482 e. The third kappa shape index (κ3) is 5.11. The summed E-state index contributed by atoms with van der Waals surface area (Å²) in [6.07, 6.45) is 7.00. The molecule has 0 aromatic carbocycles. The minimum atomic E-state index is -0.756. The number of hydrogen-bond donors (Lipinski definition) is 2. The molecule has 0 aliphatic carbocycles. The van der Waals surface area contributed by atoms with Gasteiger partial charge in [0, 0.05) is 36.1 Å². The van der Waals surface area contributed by atoms with Gasteiger partial charge in [-0.1, -0.05) is 0 Å². The Bertz CT molecular complexity index is 1460. The molecule has 0 radical (unpaired) electrons. The molecule has 198 valence electrons. The maximum Gasteiger partial charge on any atom is 0.148 e. The van der Waals surface area contributed by atoms with Crippen molar-refractivity contribution in [3.8, 4) is 22.9 Å². The molecule has 3 atom stereocenters. The molecule has 0 amide bonds. The largest absolute Gasteiger partial charge is 0.482 e. The first kappa shape index (κ1) is 25.8. The van der Waals surface area contributed by atoms with E-state index in [2.05, 4.69) is 21.1 Å². The lowest BCUT2D eigenvalue weighted by atomic mass is 10.0. The van der Waals surface area contributed by atoms with Gasteiger partial charge in [0.05, 0.1) is 43.0 Å². The van der Waals surface area contributed by atoms with E-state index in [9.17, 15) is 19.9 Å². The number of ether oxygens (including phenoxy) is 1. The van der Waals surface area contributed by atoms with Gasteiger partial charge in [-0.05, 0) is 51.4 Å². The molecule has 4 aromatic rings. The highest BCUT2D eigenvalue weighted by atomic mass is 19.1. The summed E-state index contributed by atoms with van der Waals surface area (Å²) in [5, 5.41) is 37.8. The number of pyridine rings is 2. The van der Waals surface area contributed by atoms with Crippen LogP contribution in [-0.2, 0) is 0 Å². The normalized spacial score (nSPS) is 17.8. The van der Waals surface area contributed by atoms with Crippen molar-refractivity contribution < 1.29 is 19.3 Å². The summed E-state index contributed by atoms with van der Waals surface area (Å²) < 4.78 is 23.3. The predicted molar refractivity (Wildman–Crippen MR) is 137 cm³/mol. The monoisotopic (exact) mass is 519 g/mol. The molecule has 1 fully saturated rings. The molecule has 5 rings (SSSR count). The van der Waals surface area contributed by atoms with Gasteiger partial charge in [0.2, 0.25) is 0 Å². The molecule has 0 bridgehead atoms. The lowest BCUT2D eigenvalue weighted by molar-refractivity contribution is 0.0444. The van der Waals surface area contributed by atoms with E-state index in [1.165, 1.54) is 12.3 Å². The Balaban J connectivity index is 1.47. The van der Waals surface area contributed by atoms with E-state index in [-0.39, 0.29) is 12.6 Å². The van der Waals surface area contributed by atoms with Crippen LogP contribution in [0.25, 0.3) is 16.6 Å². The van der Waals surface area contributed by atoms with E-state index >= 15 is 0 Å². The van der Waals surface area contributed by atoms with E-state index in [0.717, 1.165) is 48.9 Å². The zero-order valence-corrected chi connectivity index (χ0v) is 21.3. The predicted octanol–water partition coefficient (Wildman–Crippen LogP) is 3.04. The van der Waals surface area contributed by atoms with Gasteiger partial charge in [-0.25, -0.2) is 8.91 Å². The van der Waals surface area contributed by atoms with Gasteiger partial charge in [0.25, 0.3) is 0 Å². The van der Waals surface area contributed by atoms with Crippen LogP contribution in [0.2, 0.25) is 0 Å². The average Bonchev–Trinajstić information content (AvgIpc) is 3.52. The lowest BCUT2D eigenvalue weighted by Gasteiger charge is -2.34. The molecule has 38 heavy (non-hydrogen) atoms. The van der Waals surface area contributed by atoms with Crippen LogP contribution >= 0.6 is 0 Å². The molecular formula is C27H30FN7O3. The Morgan fingerprint density at radius 1 is 1.26 bits per heavy atom. The van der Waals surface area contributed by atoms with Gasteiger partial charge >= 0.3 is 0 Å². The Morgan fingerprint density at radius 2 is 2.11 bits per heavy atom. The van der Waals surface area contributed by atoms with Crippen LogP contribution < -0.4 is 4.74 Å². The van der Waals surface area contributed by atoms with Crippen molar-refractivity contribution in [2.45, 2.75) is 44.9 Å². The van der Waals surface area contributed by atoms with Crippen LogP contribution in [0.1, 0.15) is 48.9 Å². The SMILES string of the molecule is Cc1c(-c2cc(O[C@H](C)c3ccc(F)cn3)c3c(C#N)cnn3c2)cnn1[C@H]1CCCN(C[C@H](O)CO)C1. The molecule has 1 aliphatic rings. The van der Waals surface area contributed by atoms with Crippen LogP contribution in [-0.4, -0.2) is 71.8 Å². The number of hydrogen-bond acceptors (Lipinski definition) is 8. The molecule has 0 unspecified atom stereocenters. The summed E-state index contributed by atoms with van der Waals surface area (Å²) in [5.41, 5.74) is 4.19. The molecule has 11 heteroatoms. The summed E-state index contributed by atoms with van der Waals surface area (Å²) in [4.78, 5) is 6.29. The Hall–Kier alpha value is -3.85. The number of likely N-dealkylation sites (tertiary alicyclic amines) is 1. The second-order valence-electron chi connectivity index (χ2n) is 9.70. The molecule has 0 spiro atoms. The molecule has 1 saturated heterocycles. The zero-order chi connectivity index (χ0) is 26.8. The minimum absolute atomic E-state index is 0.141. The second kappa shape index (κ2) is 10.9. The number of aliphatic hydroxyl groups is 2. The highest BCUT2D eigenvalue weighted by Gasteiger charge is 2.26. The Morgan fingerprint density at radius 3 is 2.84 bits per heavy atom. The number of fused-ring (bicyclic) bond motifs is 1. The third-order valence-corrected chi connectivity index (χ3v) is 7.03. The van der Waals surface area contributed by atoms with E-state index in [4.69, 9.17) is 9.84 Å². The fourth-order valence-electron chi connectivity index (χ4n) is 5.11. The first-order valence-corrected chi connectivity index (χ1v) is 12.6. The van der Waals surface area contributed by atoms with Crippen molar-refractivity contribution in [3.63, 3.8) is 0 Å². The van der Waals surface area contributed by atoms with Crippen LogP contribution in [0.15, 0.2) is 43.0 Å². The van der Waals surface area contributed by atoms with Crippen molar-refractivity contribution in [2.75, 3.05) is 26.2 Å². The molecule has 10 nitrogen and oxygen atoms in total. The van der Waals surface area contributed by atoms with Crippen LogP contribution in [0, 0.1) is 24.1 Å². The van der Waals surface area contributed by atoms with Crippen molar-refractivity contribution in [3.05, 3.63) is 65.8 Å². The fourth-order valence-corrected chi connectivity index (χ4v) is 5.11. The van der Waals surface area contributed by atoms with E-state index in [1.54, 1.807) is 10.6 Å². The quantitative estimate of drug-likeness (QED) is 0.364. The highest BCUT2D eigenvalue weighted by Crippen LogP contribution is 2.35. The smallest absolute Gasteiger partial charge is 0.148 e. The van der Waals surface area contributed by atoms with Crippen molar-refractivity contribution >= 4 is 5.52 Å². The summed E-state index contributed by atoms with van der Waals surface area (Å²) in [6.45, 7) is 5.62. The molecular weight excluding hydrogens is 489 g/mol. The van der Waals surface area contributed by atoms with Gasteiger partial charge in [0.15, 0.2) is 0 Å². The summed E-state index contributed by atoms with van der Waals surface area (Å²) in [5.74, 6) is 0.0372. The van der Waals surface area contributed by atoms with Crippen molar-refractivity contribution in [1.82, 2.24) is 29.3 Å². The number of aliphatic hydroxyl groups excluding tert-OH is 2. The fraction of sp³-hybridized carbons (Fsp3) is 0.407. The van der Waals surface area contributed by atoms with Gasteiger partial charge in [-0.15, -0.1) is 0 Å². The van der Waals surface area contributed by atoms with Gasteiger partial charge in [0.1, 0.15) is 34.8 Å². The zero-order valence-electron chi connectivity index (χ0n) is 21.3. The third-order valence-electron chi connectivity index (χ3n) is 7.03. The molecule has 4 aromatic heterocycles. The Kier molecular flexibility index (Phi) is 7.37. The first-order chi connectivity index (χ1) is 18.4. The van der Waals surface area contributed by atoms with Gasteiger partial charge in [-0.3, -0.25) is 14.6 Å². The van der Waals surface area contributed by atoms with E-state index < -0.39 is 18.0 Å². The van der Waals surface area contributed by atoms with Gasteiger partial charge < -0.3 is 14.9 Å². The number of halogens is 1. The maximum atomic E-state index is 13.4. The summed E-state index contributed by atoms with van der Waals surface area (Å²) >= 11 is 0. The molecule has 1 aliphatic heterocycles. The highest BCUT2D eigenvalue weighted by molar-refractivity contribution is 5.76. The lowest BCUT2D eigenvalue weighted by Crippen LogP contribution is -2.42. The number of β-amino-alcohol motifs (C(OH)–C–C–N with tert-alkyl or cyclic N) is 1. The average molecular weight is 520 g/mol. The first-order valence-electron chi connectivity index (χ1n) is 12.6. The van der Waals surface area contributed by atoms with Crippen LogP contribution in [0.5, 0.6) is 5.75 Å². The van der Waals surface area contributed by atoms with Crippen molar-refractivity contribution in [2.24, 2.45) is 0 Å². The number of rotatable bonds is 8. The van der Waals surface area contributed by atoms with Gasteiger partial charge in [-0.2, -0.15) is 15.5 Å². The van der Waals surface area contributed by atoms with E-state index in [1.807, 2.05) is 37.0 Å². The maximum absolute atomic E-state index is 13.4. The van der Waals surface area contributed by atoms with Crippen LogP contribution in [0.3, 0.4) is 0 Å². The van der Waals surface area contributed by atoms with Crippen molar-refractivity contribution in [1.29, 1.82) is 5.26 Å².